The van der Waals surface area contributed by atoms with Crippen LogP contribution in [-0.4, -0.2) is 23.4 Å². The summed E-state index contributed by atoms with van der Waals surface area (Å²) in [4.78, 5) is 12.1. The van der Waals surface area contributed by atoms with Gasteiger partial charge in [0.05, 0.1) is 0 Å². The summed E-state index contributed by atoms with van der Waals surface area (Å²) in [6, 6.07) is 10.8. The van der Waals surface area contributed by atoms with Gasteiger partial charge in [0.1, 0.15) is 0 Å². The fraction of sp³-hybridized carbons (Fsp3) is 0.308. The summed E-state index contributed by atoms with van der Waals surface area (Å²) in [6.07, 6.45) is 0. The number of para-hydroxylation sites is 1. The predicted octanol–water partition coefficient (Wildman–Crippen LogP) is 3.09. The Bertz CT molecular complexity index is 497. The molecule has 2 rings (SSSR count). The summed E-state index contributed by atoms with van der Waals surface area (Å²) in [5.74, 6) is 0. The zero-order chi connectivity index (χ0) is 11.1. The van der Waals surface area contributed by atoms with Gasteiger partial charge in [-0.2, -0.15) is 0 Å². The van der Waals surface area contributed by atoms with Crippen LogP contribution in [0.4, 0.5) is 0 Å². The second-order valence-corrected chi connectivity index (χ2v) is 19.4. The molecule has 0 aliphatic carbocycles. The molecule has 1 aromatic heterocycles. The number of benzene rings is 1. The Morgan fingerprint density at radius 2 is 1.73 bits per heavy atom. The van der Waals surface area contributed by atoms with Gasteiger partial charge in [-0.05, 0) is 0 Å². The van der Waals surface area contributed by atoms with Gasteiger partial charge >= 0.3 is 95.6 Å². The van der Waals surface area contributed by atoms with E-state index in [1.807, 2.05) is 0 Å². The van der Waals surface area contributed by atoms with Crippen molar-refractivity contribution in [3.63, 3.8) is 0 Å². The number of fused-ring (bicyclic) bond motifs is 1. The third-order valence-electron chi connectivity index (χ3n) is 2.69. The van der Waals surface area contributed by atoms with Crippen molar-refractivity contribution in [1.29, 1.82) is 0 Å². The van der Waals surface area contributed by atoms with E-state index in [1.165, 1.54) is 20.2 Å². The van der Waals surface area contributed by atoms with E-state index in [9.17, 15) is 0 Å². The normalized spacial score (nSPS) is 12.0. The average Bonchev–Trinajstić information content (AvgIpc) is 2.16. The Labute approximate surface area is 95.4 Å². The molecular weight excluding hydrogens is 289 g/mol. The van der Waals surface area contributed by atoms with Crippen LogP contribution in [0.3, 0.4) is 0 Å². The zero-order valence-corrected chi connectivity index (χ0v) is 12.7. The molecule has 0 saturated heterocycles. The molecule has 0 aliphatic heterocycles. The van der Waals surface area contributed by atoms with Gasteiger partial charge in [-0.3, -0.25) is 0 Å². The van der Waals surface area contributed by atoms with E-state index in [-0.39, 0.29) is 0 Å². The van der Waals surface area contributed by atoms with E-state index in [0.29, 0.717) is 0 Å². The van der Waals surface area contributed by atoms with E-state index in [1.54, 1.807) is 0 Å². The zero-order valence-electron chi connectivity index (χ0n) is 9.83. The summed E-state index contributed by atoms with van der Waals surface area (Å²) in [5, 5.41) is 1.26. The first-order valence-corrected chi connectivity index (χ1v) is 15.3. The number of pyridine rings is 1. The van der Waals surface area contributed by atoms with Gasteiger partial charge in [-0.15, -0.1) is 0 Å². The number of nitrogens with zero attached hydrogens (tertiary/aromatic N) is 1. The van der Waals surface area contributed by atoms with Crippen molar-refractivity contribution >= 4 is 33.0 Å². The minimum atomic E-state index is -2.00. The molecule has 78 valence electrons. The second kappa shape index (κ2) is 3.78. The Morgan fingerprint density at radius 1 is 1.00 bits per heavy atom. The Morgan fingerprint density at radius 3 is 2.40 bits per heavy atom. The first-order chi connectivity index (χ1) is 6.98. The van der Waals surface area contributed by atoms with Gasteiger partial charge in [-0.25, -0.2) is 0 Å². The van der Waals surface area contributed by atoms with Crippen molar-refractivity contribution in [2.45, 2.75) is 21.7 Å². The molecule has 2 heteroatoms. The first kappa shape index (κ1) is 10.9. The number of hydrogen-bond donors (Lipinski definition) is 0. The average molecular weight is 306 g/mol. The molecule has 2 aromatic rings. The quantitative estimate of drug-likeness (QED) is 0.738. The number of rotatable bonds is 1. The van der Waals surface area contributed by atoms with Crippen molar-refractivity contribution in [3.8, 4) is 0 Å². The van der Waals surface area contributed by atoms with Gasteiger partial charge in [0.2, 0.25) is 0 Å². The minimum absolute atomic E-state index is 1.18. The molecule has 0 aliphatic rings. The Balaban J connectivity index is 2.70. The van der Waals surface area contributed by atoms with Gasteiger partial charge < -0.3 is 0 Å². The predicted molar refractivity (Wildman–Crippen MR) is 69.5 cm³/mol. The first-order valence-electron chi connectivity index (χ1n) is 5.35. The molecule has 1 heterocycles. The molecule has 0 radical (unpaired) electrons. The summed E-state index contributed by atoms with van der Waals surface area (Å²) < 4.78 is 1.37. The summed E-state index contributed by atoms with van der Waals surface area (Å²) in [7, 11) is 0. The van der Waals surface area contributed by atoms with Crippen molar-refractivity contribution in [2.75, 3.05) is 0 Å². The molecule has 15 heavy (non-hydrogen) atoms. The van der Waals surface area contributed by atoms with Crippen molar-refractivity contribution in [1.82, 2.24) is 4.98 Å². The fourth-order valence-electron chi connectivity index (χ4n) is 1.71. The second-order valence-electron chi connectivity index (χ2n) is 5.09. The topological polar surface area (TPSA) is 12.9 Å². The van der Waals surface area contributed by atoms with E-state index in [4.69, 9.17) is 4.98 Å². The Kier molecular flexibility index (Phi) is 2.75. The standard InChI is InChI=1S/C10H8N.3CH3.Sn/c1-8-4-2-5-9-6-3-7-11-10(8)9;;;;/h2-6H,1H3;3*1H3;. The molecule has 0 fully saturated rings. The molecule has 0 amide bonds. The van der Waals surface area contributed by atoms with Crippen LogP contribution in [0.2, 0.25) is 14.8 Å². The van der Waals surface area contributed by atoms with Crippen molar-refractivity contribution < 1.29 is 0 Å². The van der Waals surface area contributed by atoms with Crippen LogP contribution in [0.5, 0.6) is 0 Å². The van der Waals surface area contributed by atoms with Crippen molar-refractivity contribution in [2.24, 2.45) is 0 Å². The summed E-state index contributed by atoms with van der Waals surface area (Å²) >= 11 is -2.00. The van der Waals surface area contributed by atoms with Gasteiger partial charge in [0.25, 0.3) is 0 Å². The van der Waals surface area contributed by atoms with Gasteiger partial charge in [0, 0.05) is 0 Å². The van der Waals surface area contributed by atoms with Crippen LogP contribution in [0, 0.1) is 6.92 Å². The molecule has 0 N–H and O–H groups in total. The number of aromatic nitrogens is 1. The molecule has 0 spiro atoms. The maximum absolute atomic E-state index is 4.84. The van der Waals surface area contributed by atoms with Crippen LogP contribution in [0.1, 0.15) is 5.56 Å². The Hall–Kier alpha value is -0.571. The van der Waals surface area contributed by atoms with Crippen LogP contribution in [-0.2, 0) is 0 Å². The molecule has 1 aromatic carbocycles. The molecular formula is C13H17NSn. The molecule has 0 atom stereocenters. The molecule has 0 bridgehead atoms. The summed E-state index contributed by atoms with van der Waals surface area (Å²) in [6.45, 7) is 2.14. The monoisotopic (exact) mass is 307 g/mol. The van der Waals surface area contributed by atoms with Crippen LogP contribution < -0.4 is 3.71 Å². The fourth-order valence-corrected chi connectivity index (χ4v) is 4.65. The van der Waals surface area contributed by atoms with E-state index < -0.39 is 18.4 Å². The molecule has 0 saturated carbocycles. The number of hydrogen-bond acceptors (Lipinski definition) is 1. The molecule has 1 nitrogen and oxygen atoms in total. The van der Waals surface area contributed by atoms with E-state index >= 15 is 0 Å². The van der Waals surface area contributed by atoms with Crippen LogP contribution >= 0.6 is 0 Å². The van der Waals surface area contributed by atoms with Crippen LogP contribution in [0.15, 0.2) is 30.3 Å². The summed E-state index contributed by atoms with van der Waals surface area (Å²) in [5.41, 5.74) is 2.46. The van der Waals surface area contributed by atoms with E-state index in [2.05, 4.69) is 52.1 Å². The van der Waals surface area contributed by atoms with Gasteiger partial charge in [0.15, 0.2) is 0 Å². The third kappa shape index (κ3) is 2.17. The van der Waals surface area contributed by atoms with E-state index in [0.717, 1.165) is 0 Å². The van der Waals surface area contributed by atoms with Crippen molar-refractivity contribution in [3.05, 3.63) is 35.9 Å². The third-order valence-corrected chi connectivity index (χ3v) is 7.87. The van der Waals surface area contributed by atoms with Gasteiger partial charge in [-0.1, -0.05) is 0 Å². The number of aryl methyl sites for hydroxylation is 1. The van der Waals surface area contributed by atoms with Crippen LogP contribution in [0.25, 0.3) is 10.9 Å². The molecule has 0 unspecified atom stereocenters. The SMILES string of the molecule is Cc1cccc2cc[c]([Sn]([CH3])([CH3])[CH3])nc12. The maximum atomic E-state index is 4.84.